The van der Waals surface area contributed by atoms with Gasteiger partial charge in [-0.05, 0) is 12.8 Å². The number of nitrogens with two attached hydrogens (primary N) is 1. The van der Waals surface area contributed by atoms with E-state index in [1.165, 1.54) is 14.2 Å². The smallest absolute Gasteiger partial charge is 0.183 e. The highest BCUT2D eigenvalue weighted by Crippen LogP contribution is 2.41. The van der Waals surface area contributed by atoms with E-state index >= 15 is 0 Å². The Labute approximate surface area is 85.4 Å². The fraction of sp³-hybridized carbons (Fsp3) is 1.00. The van der Waals surface area contributed by atoms with E-state index in [1.54, 1.807) is 0 Å². The lowest BCUT2D eigenvalue weighted by molar-refractivity contribution is -0.196. The molecule has 4 nitrogen and oxygen atoms in total. The highest BCUT2D eigenvalue weighted by Gasteiger charge is 2.43. The monoisotopic (exact) mass is 203 g/mol. The summed E-state index contributed by atoms with van der Waals surface area (Å²) >= 11 is 0. The van der Waals surface area contributed by atoms with Crippen molar-refractivity contribution in [2.75, 3.05) is 20.8 Å². The summed E-state index contributed by atoms with van der Waals surface area (Å²) in [6.45, 7) is 0.497. The van der Waals surface area contributed by atoms with E-state index in [1.807, 2.05) is 0 Å². The first-order valence-electron chi connectivity index (χ1n) is 5.14. The summed E-state index contributed by atoms with van der Waals surface area (Å²) in [6.07, 6.45) is 3.02. The predicted octanol–water partition coefficient (Wildman–Crippen LogP) is 0.485. The van der Waals surface area contributed by atoms with E-state index in [2.05, 4.69) is 0 Å². The third-order valence-electron chi connectivity index (χ3n) is 3.36. The fourth-order valence-electron chi connectivity index (χ4n) is 2.34. The van der Waals surface area contributed by atoms with E-state index in [4.69, 9.17) is 15.2 Å². The van der Waals surface area contributed by atoms with Gasteiger partial charge >= 0.3 is 0 Å². The number of hydrogen-bond donors (Lipinski definition) is 2. The molecular formula is C10H21NO3. The second-order valence-corrected chi connectivity index (χ2v) is 4.06. The molecule has 0 bridgehead atoms. The van der Waals surface area contributed by atoms with Crippen LogP contribution in [0.2, 0.25) is 0 Å². The predicted molar refractivity (Wildman–Crippen MR) is 53.8 cm³/mol. The molecule has 14 heavy (non-hydrogen) atoms. The Hall–Kier alpha value is -0.160. The Morgan fingerprint density at radius 1 is 1.29 bits per heavy atom. The van der Waals surface area contributed by atoms with Crippen molar-refractivity contribution in [2.45, 2.75) is 38.1 Å². The number of aliphatic hydroxyl groups is 1. The number of methoxy groups -OCH3 is 2. The highest BCUT2D eigenvalue weighted by molar-refractivity contribution is 4.93. The maximum absolute atomic E-state index is 10.1. The van der Waals surface area contributed by atoms with Crippen LogP contribution in [-0.2, 0) is 9.47 Å². The van der Waals surface area contributed by atoms with Crippen molar-refractivity contribution in [3.8, 4) is 0 Å². The van der Waals surface area contributed by atoms with Gasteiger partial charge in [-0.15, -0.1) is 0 Å². The lowest BCUT2D eigenvalue weighted by Gasteiger charge is -2.36. The first-order chi connectivity index (χ1) is 6.70. The Morgan fingerprint density at radius 2 is 1.79 bits per heavy atom. The summed E-state index contributed by atoms with van der Waals surface area (Å²) in [6, 6.07) is 0. The molecule has 0 aromatic rings. The van der Waals surface area contributed by atoms with Crippen LogP contribution in [0.15, 0.2) is 0 Å². The van der Waals surface area contributed by atoms with Gasteiger partial charge in [-0.2, -0.15) is 0 Å². The van der Waals surface area contributed by atoms with E-state index < -0.39 is 12.4 Å². The van der Waals surface area contributed by atoms with Gasteiger partial charge in [0, 0.05) is 26.2 Å². The van der Waals surface area contributed by atoms with Gasteiger partial charge in [0.1, 0.15) is 6.10 Å². The average Bonchev–Trinajstić information content (AvgIpc) is 2.69. The molecule has 0 saturated heterocycles. The van der Waals surface area contributed by atoms with E-state index in [9.17, 15) is 5.11 Å². The summed E-state index contributed by atoms with van der Waals surface area (Å²) in [5.74, 6) is 0. The minimum atomic E-state index is -0.620. The molecule has 1 aliphatic carbocycles. The van der Waals surface area contributed by atoms with Gasteiger partial charge in [-0.1, -0.05) is 12.8 Å². The second kappa shape index (κ2) is 5.07. The summed E-state index contributed by atoms with van der Waals surface area (Å²) in [5.41, 5.74) is 5.55. The van der Waals surface area contributed by atoms with Crippen LogP contribution in [0.3, 0.4) is 0 Å². The SMILES string of the molecule is COC(OC)C(O)C1(CN)CCCC1. The molecule has 84 valence electrons. The Morgan fingerprint density at radius 3 is 2.14 bits per heavy atom. The molecule has 0 amide bonds. The molecule has 0 spiro atoms. The largest absolute Gasteiger partial charge is 0.387 e. The molecule has 0 aromatic carbocycles. The van der Waals surface area contributed by atoms with E-state index in [0.717, 1.165) is 25.7 Å². The maximum Gasteiger partial charge on any atom is 0.183 e. The lowest BCUT2D eigenvalue weighted by atomic mass is 9.80. The van der Waals surface area contributed by atoms with Crippen molar-refractivity contribution in [3.63, 3.8) is 0 Å². The molecule has 0 heterocycles. The topological polar surface area (TPSA) is 64.7 Å². The number of aliphatic hydroxyl groups excluding tert-OH is 1. The van der Waals surface area contributed by atoms with Crippen molar-refractivity contribution in [1.29, 1.82) is 0 Å². The van der Waals surface area contributed by atoms with Crippen LogP contribution in [0.25, 0.3) is 0 Å². The van der Waals surface area contributed by atoms with Gasteiger partial charge in [0.2, 0.25) is 0 Å². The molecule has 1 fully saturated rings. The van der Waals surface area contributed by atoms with Crippen molar-refractivity contribution >= 4 is 0 Å². The van der Waals surface area contributed by atoms with Crippen LogP contribution in [0.5, 0.6) is 0 Å². The van der Waals surface area contributed by atoms with Crippen molar-refractivity contribution in [1.82, 2.24) is 0 Å². The zero-order valence-electron chi connectivity index (χ0n) is 9.03. The minimum Gasteiger partial charge on any atom is -0.387 e. The summed E-state index contributed by atoms with van der Waals surface area (Å²) in [7, 11) is 3.08. The molecule has 0 radical (unpaired) electrons. The highest BCUT2D eigenvalue weighted by atomic mass is 16.7. The molecule has 1 saturated carbocycles. The van der Waals surface area contributed by atoms with Crippen LogP contribution < -0.4 is 5.73 Å². The van der Waals surface area contributed by atoms with Gasteiger partial charge in [0.15, 0.2) is 6.29 Å². The number of hydrogen-bond acceptors (Lipinski definition) is 4. The lowest BCUT2D eigenvalue weighted by Crippen LogP contribution is -2.47. The fourth-order valence-corrected chi connectivity index (χ4v) is 2.34. The van der Waals surface area contributed by atoms with Crippen molar-refractivity contribution < 1.29 is 14.6 Å². The minimum absolute atomic E-state index is 0.198. The molecule has 4 heteroatoms. The summed E-state index contributed by atoms with van der Waals surface area (Å²) in [5, 5.41) is 10.1. The summed E-state index contributed by atoms with van der Waals surface area (Å²) < 4.78 is 10.1. The first-order valence-corrected chi connectivity index (χ1v) is 5.14. The van der Waals surface area contributed by atoms with Gasteiger partial charge in [-0.3, -0.25) is 0 Å². The third kappa shape index (κ3) is 2.08. The molecule has 1 atom stereocenters. The van der Waals surface area contributed by atoms with Gasteiger partial charge in [0.25, 0.3) is 0 Å². The Bertz CT molecular complexity index is 165. The molecule has 1 rings (SSSR count). The number of rotatable bonds is 5. The summed E-state index contributed by atoms with van der Waals surface area (Å²) in [4.78, 5) is 0. The molecule has 1 unspecified atom stereocenters. The van der Waals surface area contributed by atoms with E-state index in [0.29, 0.717) is 6.54 Å². The van der Waals surface area contributed by atoms with Gasteiger partial charge in [-0.25, -0.2) is 0 Å². The van der Waals surface area contributed by atoms with Crippen molar-refractivity contribution in [2.24, 2.45) is 11.1 Å². The quantitative estimate of drug-likeness (QED) is 0.638. The van der Waals surface area contributed by atoms with E-state index in [-0.39, 0.29) is 5.41 Å². The molecule has 0 aliphatic heterocycles. The Balaban J connectivity index is 2.67. The van der Waals surface area contributed by atoms with Crippen LogP contribution in [0.4, 0.5) is 0 Å². The standard InChI is InChI=1S/C10H21NO3/c1-13-9(14-2)8(12)10(7-11)5-3-4-6-10/h8-9,12H,3-7,11H2,1-2H3. The number of ether oxygens (including phenoxy) is 2. The van der Waals surface area contributed by atoms with Crippen LogP contribution in [0.1, 0.15) is 25.7 Å². The van der Waals surface area contributed by atoms with Gasteiger partial charge in [0.05, 0.1) is 0 Å². The first kappa shape index (κ1) is 11.9. The van der Waals surface area contributed by atoms with Crippen LogP contribution in [0, 0.1) is 5.41 Å². The molecular weight excluding hydrogens is 182 g/mol. The van der Waals surface area contributed by atoms with Crippen molar-refractivity contribution in [3.05, 3.63) is 0 Å². The van der Waals surface area contributed by atoms with Crippen LogP contribution >= 0.6 is 0 Å². The maximum atomic E-state index is 10.1. The molecule has 1 aliphatic rings. The Kier molecular flexibility index (Phi) is 4.31. The third-order valence-corrected chi connectivity index (χ3v) is 3.36. The normalized spacial score (nSPS) is 22.9. The van der Waals surface area contributed by atoms with Gasteiger partial charge < -0.3 is 20.3 Å². The zero-order valence-corrected chi connectivity index (χ0v) is 9.03. The second-order valence-electron chi connectivity index (χ2n) is 4.06. The average molecular weight is 203 g/mol. The van der Waals surface area contributed by atoms with Crippen LogP contribution in [-0.4, -0.2) is 38.3 Å². The molecule has 0 aromatic heterocycles. The zero-order chi connectivity index (χ0) is 10.6. The molecule has 3 N–H and O–H groups in total.